The Hall–Kier alpha value is -1.84. The SMILES string of the molecule is CC(C)c1ccccc1OC(=O)c1sc2ccccc2c1Cl. The van der Waals surface area contributed by atoms with Crippen LogP contribution in [0, 0.1) is 0 Å². The Morgan fingerprint density at radius 2 is 1.77 bits per heavy atom. The minimum absolute atomic E-state index is 0.280. The normalized spacial score (nSPS) is 11.1. The Morgan fingerprint density at radius 1 is 1.09 bits per heavy atom. The molecule has 2 aromatic carbocycles. The molecular formula is C18H15ClO2S. The number of benzene rings is 2. The third kappa shape index (κ3) is 2.74. The van der Waals surface area contributed by atoms with Crippen molar-refractivity contribution in [1.29, 1.82) is 0 Å². The van der Waals surface area contributed by atoms with Gasteiger partial charge in [-0.05, 0) is 23.6 Å². The van der Waals surface area contributed by atoms with E-state index in [2.05, 4.69) is 13.8 Å². The van der Waals surface area contributed by atoms with Crippen molar-refractivity contribution < 1.29 is 9.53 Å². The fraction of sp³-hybridized carbons (Fsp3) is 0.167. The summed E-state index contributed by atoms with van der Waals surface area (Å²) < 4.78 is 6.57. The molecule has 1 aromatic heterocycles. The lowest BCUT2D eigenvalue weighted by atomic mass is 10.0. The van der Waals surface area contributed by atoms with Gasteiger partial charge in [-0.15, -0.1) is 11.3 Å². The van der Waals surface area contributed by atoms with Crippen molar-refractivity contribution >= 4 is 39.0 Å². The van der Waals surface area contributed by atoms with Gasteiger partial charge in [0, 0.05) is 10.1 Å². The van der Waals surface area contributed by atoms with Crippen LogP contribution in [-0.2, 0) is 0 Å². The number of para-hydroxylation sites is 1. The molecule has 22 heavy (non-hydrogen) atoms. The molecule has 4 heteroatoms. The van der Waals surface area contributed by atoms with Crippen LogP contribution in [-0.4, -0.2) is 5.97 Å². The molecule has 0 bridgehead atoms. The molecule has 0 amide bonds. The Labute approximate surface area is 138 Å². The van der Waals surface area contributed by atoms with Gasteiger partial charge in [-0.3, -0.25) is 0 Å². The molecule has 0 spiro atoms. The van der Waals surface area contributed by atoms with E-state index < -0.39 is 5.97 Å². The summed E-state index contributed by atoms with van der Waals surface area (Å²) in [5, 5.41) is 1.35. The Balaban J connectivity index is 1.96. The number of carbonyl (C=O) groups is 1. The first-order valence-corrected chi connectivity index (χ1v) is 8.25. The fourth-order valence-corrected chi connectivity index (χ4v) is 3.73. The molecule has 0 aliphatic rings. The summed E-state index contributed by atoms with van der Waals surface area (Å²) >= 11 is 7.69. The first kappa shape index (κ1) is 15.1. The van der Waals surface area contributed by atoms with E-state index in [1.165, 1.54) is 11.3 Å². The Bertz CT molecular complexity index is 836. The fourth-order valence-electron chi connectivity index (χ4n) is 2.34. The van der Waals surface area contributed by atoms with Crippen LogP contribution in [0.4, 0.5) is 0 Å². The van der Waals surface area contributed by atoms with Gasteiger partial charge in [0.15, 0.2) is 0 Å². The number of ether oxygens (including phenoxy) is 1. The molecule has 0 aliphatic carbocycles. The lowest BCUT2D eigenvalue weighted by molar-refractivity contribution is 0.0738. The van der Waals surface area contributed by atoms with Gasteiger partial charge in [0.2, 0.25) is 0 Å². The Morgan fingerprint density at radius 3 is 2.50 bits per heavy atom. The van der Waals surface area contributed by atoms with Crippen molar-refractivity contribution in [1.82, 2.24) is 0 Å². The van der Waals surface area contributed by atoms with Crippen molar-refractivity contribution in [2.45, 2.75) is 19.8 Å². The highest BCUT2D eigenvalue weighted by Gasteiger charge is 2.20. The summed E-state index contributed by atoms with van der Waals surface area (Å²) in [7, 11) is 0. The average Bonchev–Trinajstić information content (AvgIpc) is 2.85. The van der Waals surface area contributed by atoms with Crippen molar-refractivity contribution in [3.8, 4) is 5.75 Å². The molecule has 3 aromatic rings. The number of hydrogen-bond acceptors (Lipinski definition) is 3. The molecule has 0 unspecified atom stereocenters. The van der Waals surface area contributed by atoms with Gasteiger partial charge in [0.1, 0.15) is 10.6 Å². The van der Waals surface area contributed by atoms with Gasteiger partial charge >= 0.3 is 5.97 Å². The first-order chi connectivity index (χ1) is 10.6. The molecule has 0 saturated heterocycles. The highest BCUT2D eigenvalue weighted by Crippen LogP contribution is 2.36. The minimum atomic E-state index is -0.403. The van der Waals surface area contributed by atoms with Crippen LogP contribution in [0.1, 0.15) is 35.0 Å². The summed E-state index contributed by atoms with van der Waals surface area (Å²) in [6.07, 6.45) is 0. The number of esters is 1. The summed E-state index contributed by atoms with van der Waals surface area (Å²) in [6.45, 7) is 4.14. The van der Waals surface area contributed by atoms with Gasteiger partial charge in [0.25, 0.3) is 0 Å². The number of thiophene rings is 1. The van der Waals surface area contributed by atoms with Crippen LogP contribution in [0.15, 0.2) is 48.5 Å². The molecule has 0 saturated carbocycles. The predicted octanol–water partition coefficient (Wildman–Crippen LogP) is 5.90. The van der Waals surface area contributed by atoms with Gasteiger partial charge in [-0.1, -0.05) is 61.8 Å². The standard InChI is InChI=1S/C18H15ClO2S/c1-11(2)12-7-3-5-9-14(12)21-18(20)17-16(19)13-8-4-6-10-15(13)22-17/h3-11H,1-2H3. The van der Waals surface area contributed by atoms with Gasteiger partial charge in [-0.2, -0.15) is 0 Å². The first-order valence-electron chi connectivity index (χ1n) is 7.06. The van der Waals surface area contributed by atoms with Crippen LogP contribution in [0.3, 0.4) is 0 Å². The molecule has 3 rings (SSSR count). The lowest BCUT2D eigenvalue weighted by Crippen LogP contribution is -2.09. The molecular weight excluding hydrogens is 316 g/mol. The Kier molecular flexibility index (Phi) is 4.19. The number of rotatable bonds is 3. The topological polar surface area (TPSA) is 26.3 Å². The quantitative estimate of drug-likeness (QED) is 0.441. The number of halogens is 1. The molecule has 1 heterocycles. The lowest BCUT2D eigenvalue weighted by Gasteiger charge is -2.12. The number of fused-ring (bicyclic) bond motifs is 1. The highest BCUT2D eigenvalue weighted by atomic mass is 35.5. The molecule has 2 nitrogen and oxygen atoms in total. The van der Waals surface area contributed by atoms with Crippen LogP contribution in [0.2, 0.25) is 5.02 Å². The summed E-state index contributed by atoms with van der Waals surface area (Å²) in [6, 6.07) is 15.3. The maximum atomic E-state index is 12.5. The molecule has 0 radical (unpaired) electrons. The van der Waals surface area contributed by atoms with E-state index in [0.717, 1.165) is 15.6 Å². The van der Waals surface area contributed by atoms with Crippen LogP contribution in [0.5, 0.6) is 5.75 Å². The smallest absolute Gasteiger partial charge is 0.355 e. The van der Waals surface area contributed by atoms with Crippen molar-refractivity contribution in [3.63, 3.8) is 0 Å². The molecule has 0 aliphatic heterocycles. The van der Waals surface area contributed by atoms with E-state index in [1.807, 2.05) is 48.5 Å². The van der Waals surface area contributed by atoms with Crippen molar-refractivity contribution in [2.24, 2.45) is 0 Å². The molecule has 0 N–H and O–H groups in total. The van der Waals surface area contributed by atoms with Gasteiger partial charge < -0.3 is 4.74 Å². The molecule has 0 fully saturated rings. The zero-order valence-electron chi connectivity index (χ0n) is 12.3. The second-order valence-corrected chi connectivity index (χ2v) is 6.75. The third-order valence-electron chi connectivity index (χ3n) is 3.46. The van der Waals surface area contributed by atoms with E-state index in [4.69, 9.17) is 16.3 Å². The van der Waals surface area contributed by atoms with Crippen LogP contribution < -0.4 is 4.74 Å². The summed E-state index contributed by atoms with van der Waals surface area (Å²) in [5.74, 6) is 0.470. The van der Waals surface area contributed by atoms with E-state index in [-0.39, 0.29) is 5.92 Å². The molecule has 0 atom stereocenters. The maximum Gasteiger partial charge on any atom is 0.355 e. The number of hydrogen-bond donors (Lipinski definition) is 0. The summed E-state index contributed by atoms with van der Waals surface area (Å²) in [4.78, 5) is 12.9. The predicted molar refractivity (Wildman–Crippen MR) is 92.3 cm³/mol. The van der Waals surface area contributed by atoms with E-state index >= 15 is 0 Å². The average molecular weight is 331 g/mol. The minimum Gasteiger partial charge on any atom is -0.422 e. The largest absolute Gasteiger partial charge is 0.422 e. The third-order valence-corrected chi connectivity index (χ3v) is 5.12. The van der Waals surface area contributed by atoms with Crippen molar-refractivity contribution in [3.05, 3.63) is 64.0 Å². The van der Waals surface area contributed by atoms with Gasteiger partial charge in [-0.25, -0.2) is 4.79 Å². The zero-order chi connectivity index (χ0) is 15.7. The number of carbonyl (C=O) groups excluding carboxylic acids is 1. The van der Waals surface area contributed by atoms with Crippen molar-refractivity contribution in [2.75, 3.05) is 0 Å². The zero-order valence-corrected chi connectivity index (χ0v) is 13.9. The van der Waals surface area contributed by atoms with Crippen LogP contribution in [0.25, 0.3) is 10.1 Å². The van der Waals surface area contributed by atoms with Gasteiger partial charge in [0.05, 0.1) is 5.02 Å². The molecule has 112 valence electrons. The highest BCUT2D eigenvalue weighted by molar-refractivity contribution is 7.21. The van der Waals surface area contributed by atoms with E-state index in [9.17, 15) is 4.79 Å². The second-order valence-electron chi connectivity index (χ2n) is 5.32. The summed E-state index contributed by atoms with van der Waals surface area (Å²) in [5.41, 5.74) is 1.01. The van der Waals surface area contributed by atoms with E-state index in [1.54, 1.807) is 0 Å². The monoisotopic (exact) mass is 330 g/mol. The second kappa shape index (κ2) is 6.11. The maximum absolute atomic E-state index is 12.5. The van der Waals surface area contributed by atoms with Crippen LogP contribution >= 0.6 is 22.9 Å². The van der Waals surface area contributed by atoms with E-state index in [0.29, 0.717) is 15.6 Å².